The first kappa shape index (κ1) is 16.3. The maximum absolute atomic E-state index is 12.5. The zero-order valence-corrected chi connectivity index (χ0v) is 13.9. The highest BCUT2D eigenvalue weighted by molar-refractivity contribution is 5.92. The standard InChI is InChI=1S/C20H16N2O3/c1-14-5-7-16(12-17(14)22-9-3-4-10-22)20(23)25-18-8-6-15(13-21)11-19(18)24-2/h3-12H,1-2H3. The highest BCUT2D eigenvalue weighted by Gasteiger charge is 2.14. The largest absolute Gasteiger partial charge is 0.493 e. The molecule has 0 bridgehead atoms. The van der Waals surface area contributed by atoms with Crippen molar-refractivity contribution in [3.8, 4) is 23.3 Å². The molecule has 0 saturated heterocycles. The molecule has 2 aromatic carbocycles. The summed E-state index contributed by atoms with van der Waals surface area (Å²) in [5.74, 6) is 0.121. The molecule has 3 aromatic rings. The van der Waals surface area contributed by atoms with Crippen LogP contribution in [0.5, 0.6) is 11.5 Å². The Morgan fingerprint density at radius 1 is 1.08 bits per heavy atom. The van der Waals surface area contributed by atoms with E-state index in [0.717, 1.165) is 11.3 Å². The number of methoxy groups -OCH3 is 1. The molecule has 0 aliphatic rings. The molecular formula is C20H16N2O3. The molecule has 0 N–H and O–H groups in total. The van der Waals surface area contributed by atoms with Crippen molar-refractivity contribution in [2.45, 2.75) is 6.92 Å². The number of esters is 1. The van der Waals surface area contributed by atoms with Gasteiger partial charge in [-0.05, 0) is 48.9 Å². The van der Waals surface area contributed by atoms with E-state index in [2.05, 4.69) is 0 Å². The molecule has 25 heavy (non-hydrogen) atoms. The molecule has 0 saturated carbocycles. The molecule has 0 aliphatic heterocycles. The van der Waals surface area contributed by atoms with Crippen LogP contribution >= 0.6 is 0 Å². The average Bonchev–Trinajstić information content (AvgIpc) is 3.16. The summed E-state index contributed by atoms with van der Waals surface area (Å²) in [4.78, 5) is 12.5. The Kier molecular flexibility index (Phi) is 4.53. The highest BCUT2D eigenvalue weighted by Crippen LogP contribution is 2.29. The van der Waals surface area contributed by atoms with Crippen molar-refractivity contribution in [3.05, 3.63) is 77.6 Å². The number of aromatic nitrogens is 1. The van der Waals surface area contributed by atoms with Crippen LogP contribution in [0.1, 0.15) is 21.5 Å². The van der Waals surface area contributed by atoms with Gasteiger partial charge in [0.25, 0.3) is 0 Å². The quantitative estimate of drug-likeness (QED) is 0.537. The van der Waals surface area contributed by atoms with Gasteiger partial charge in [-0.3, -0.25) is 0 Å². The molecule has 1 aromatic heterocycles. The summed E-state index contributed by atoms with van der Waals surface area (Å²) in [5, 5.41) is 8.94. The minimum absolute atomic E-state index is 0.273. The molecule has 0 amide bonds. The summed E-state index contributed by atoms with van der Waals surface area (Å²) in [6.45, 7) is 1.98. The lowest BCUT2D eigenvalue weighted by Crippen LogP contribution is -2.10. The van der Waals surface area contributed by atoms with E-state index in [0.29, 0.717) is 16.9 Å². The van der Waals surface area contributed by atoms with E-state index in [1.165, 1.54) is 13.2 Å². The van der Waals surface area contributed by atoms with Crippen molar-refractivity contribution in [1.82, 2.24) is 4.57 Å². The fraction of sp³-hybridized carbons (Fsp3) is 0.100. The second-order valence-corrected chi connectivity index (χ2v) is 5.46. The Morgan fingerprint density at radius 2 is 1.84 bits per heavy atom. The number of nitrogens with zero attached hydrogens (tertiary/aromatic N) is 2. The Bertz CT molecular complexity index is 954. The van der Waals surface area contributed by atoms with Crippen LogP contribution in [0.25, 0.3) is 5.69 Å². The summed E-state index contributed by atoms with van der Waals surface area (Å²) < 4.78 is 12.6. The fourth-order valence-electron chi connectivity index (χ4n) is 2.49. The number of nitriles is 1. The van der Waals surface area contributed by atoms with Gasteiger partial charge in [-0.15, -0.1) is 0 Å². The zero-order valence-electron chi connectivity index (χ0n) is 13.9. The monoisotopic (exact) mass is 332 g/mol. The molecule has 0 fully saturated rings. The van der Waals surface area contributed by atoms with Gasteiger partial charge in [-0.1, -0.05) is 6.07 Å². The average molecular weight is 332 g/mol. The lowest BCUT2D eigenvalue weighted by Gasteiger charge is -2.12. The van der Waals surface area contributed by atoms with Gasteiger partial charge in [-0.25, -0.2) is 4.79 Å². The lowest BCUT2D eigenvalue weighted by molar-refractivity contribution is 0.0729. The topological polar surface area (TPSA) is 64.2 Å². The molecule has 3 rings (SSSR count). The van der Waals surface area contributed by atoms with Gasteiger partial charge >= 0.3 is 5.97 Å². The van der Waals surface area contributed by atoms with Crippen molar-refractivity contribution in [3.63, 3.8) is 0 Å². The van der Waals surface area contributed by atoms with Crippen LogP contribution in [-0.2, 0) is 0 Å². The SMILES string of the molecule is COc1cc(C#N)ccc1OC(=O)c1ccc(C)c(-n2cccc2)c1. The van der Waals surface area contributed by atoms with Crippen LogP contribution in [0.15, 0.2) is 60.9 Å². The number of aryl methyl sites for hydroxylation is 1. The van der Waals surface area contributed by atoms with Crippen molar-refractivity contribution in [2.24, 2.45) is 0 Å². The van der Waals surface area contributed by atoms with Gasteiger partial charge in [0.2, 0.25) is 0 Å². The van der Waals surface area contributed by atoms with Gasteiger partial charge in [0, 0.05) is 24.1 Å². The summed E-state index contributed by atoms with van der Waals surface area (Å²) in [6.07, 6.45) is 3.84. The summed E-state index contributed by atoms with van der Waals surface area (Å²) in [6, 6.07) is 15.9. The Morgan fingerprint density at radius 3 is 2.52 bits per heavy atom. The first-order chi connectivity index (χ1) is 12.1. The van der Waals surface area contributed by atoms with Crippen LogP contribution in [0.4, 0.5) is 0 Å². The number of carbonyl (C=O) groups excluding carboxylic acids is 1. The molecule has 0 atom stereocenters. The smallest absolute Gasteiger partial charge is 0.343 e. The van der Waals surface area contributed by atoms with Crippen LogP contribution in [-0.4, -0.2) is 17.6 Å². The van der Waals surface area contributed by atoms with E-state index in [9.17, 15) is 4.79 Å². The first-order valence-corrected chi connectivity index (χ1v) is 7.66. The first-order valence-electron chi connectivity index (χ1n) is 7.66. The Hall–Kier alpha value is -3.52. The molecule has 0 spiro atoms. The second-order valence-electron chi connectivity index (χ2n) is 5.46. The zero-order chi connectivity index (χ0) is 17.8. The summed E-state index contributed by atoms with van der Waals surface area (Å²) >= 11 is 0. The van der Waals surface area contributed by atoms with E-state index in [4.69, 9.17) is 14.7 Å². The van der Waals surface area contributed by atoms with Crippen LogP contribution in [0.3, 0.4) is 0 Å². The van der Waals surface area contributed by atoms with Crippen LogP contribution in [0.2, 0.25) is 0 Å². The van der Waals surface area contributed by atoms with Crippen LogP contribution in [0, 0.1) is 18.3 Å². The molecule has 5 heteroatoms. The van der Waals surface area contributed by atoms with Gasteiger partial charge in [-0.2, -0.15) is 5.26 Å². The van der Waals surface area contributed by atoms with Gasteiger partial charge in [0.15, 0.2) is 11.5 Å². The molecule has 5 nitrogen and oxygen atoms in total. The minimum atomic E-state index is -0.489. The number of rotatable bonds is 4. The molecular weight excluding hydrogens is 316 g/mol. The van der Waals surface area contributed by atoms with Crippen molar-refractivity contribution in [2.75, 3.05) is 7.11 Å². The number of ether oxygens (including phenoxy) is 2. The predicted octanol–water partition coefficient (Wildman–Crippen LogP) is 3.89. The van der Waals surface area contributed by atoms with E-state index in [1.807, 2.05) is 48.2 Å². The van der Waals surface area contributed by atoms with Crippen molar-refractivity contribution < 1.29 is 14.3 Å². The fourth-order valence-corrected chi connectivity index (χ4v) is 2.49. The Labute approximate surface area is 145 Å². The second kappa shape index (κ2) is 6.93. The van der Waals surface area contributed by atoms with Gasteiger partial charge in [0.05, 0.1) is 24.3 Å². The molecule has 0 radical (unpaired) electrons. The number of hydrogen-bond acceptors (Lipinski definition) is 4. The summed E-state index contributed by atoms with van der Waals surface area (Å²) in [5.41, 5.74) is 2.82. The maximum atomic E-state index is 12.5. The molecule has 1 heterocycles. The Balaban J connectivity index is 1.90. The minimum Gasteiger partial charge on any atom is -0.493 e. The van der Waals surface area contributed by atoms with Crippen molar-refractivity contribution >= 4 is 5.97 Å². The normalized spacial score (nSPS) is 10.1. The van der Waals surface area contributed by atoms with Gasteiger partial charge in [0.1, 0.15) is 0 Å². The highest BCUT2D eigenvalue weighted by atomic mass is 16.6. The lowest BCUT2D eigenvalue weighted by atomic mass is 10.1. The predicted molar refractivity (Wildman–Crippen MR) is 93.2 cm³/mol. The summed E-state index contributed by atoms with van der Waals surface area (Å²) in [7, 11) is 1.46. The molecule has 124 valence electrons. The van der Waals surface area contributed by atoms with E-state index in [1.54, 1.807) is 24.3 Å². The van der Waals surface area contributed by atoms with E-state index < -0.39 is 5.97 Å². The third kappa shape index (κ3) is 3.38. The third-order valence-corrected chi connectivity index (χ3v) is 3.82. The number of carbonyl (C=O) groups is 1. The third-order valence-electron chi connectivity index (χ3n) is 3.82. The number of hydrogen-bond donors (Lipinski definition) is 0. The maximum Gasteiger partial charge on any atom is 0.343 e. The molecule has 0 aliphatic carbocycles. The number of benzene rings is 2. The van der Waals surface area contributed by atoms with Gasteiger partial charge < -0.3 is 14.0 Å². The van der Waals surface area contributed by atoms with Crippen molar-refractivity contribution in [1.29, 1.82) is 5.26 Å². The van der Waals surface area contributed by atoms with E-state index in [-0.39, 0.29) is 5.75 Å². The molecule has 0 unspecified atom stereocenters. The van der Waals surface area contributed by atoms with E-state index >= 15 is 0 Å². The van der Waals surface area contributed by atoms with Crippen LogP contribution < -0.4 is 9.47 Å².